The van der Waals surface area contributed by atoms with E-state index >= 15 is 0 Å². The average molecular weight is 1920 g/mol. The van der Waals surface area contributed by atoms with Crippen molar-refractivity contribution in [3.63, 3.8) is 0 Å². The number of hydrogen-bond acceptors (Lipinski definition) is 17. The summed E-state index contributed by atoms with van der Waals surface area (Å²) in [6.07, 6.45) is -3.72. The lowest BCUT2D eigenvalue weighted by molar-refractivity contribution is -0.274. The van der Waals surface area contributed by atoms with Gasteiger partial charge in [-0.15, -0.1) is 13.2 Å². The summed E-state index contributed by atoms with van der Waals surface area (Å²) in [6, 6.07) is 65.0. The molecule has 131 heavy (non-hydrogen) atoms. The molecule has 10 N–H and O–H groups in total. The van der Waals surface area contributed by atoms with Crippen LogP contribution in [0.15, 0.2) is 243 Å². The lowest BCUT2D eigenvalue weighted by Crippen LogP contribution is -2.33. The van der Waals surface area contributed by atoms with Gasteiger partial charge in [-0.25, -0.2) is 42.1 Å². The number of alkyl halides is 3. The number of ether oxygens (including phenoxy) is 2. The van der Waals surface area contributed by atoms with E-state index in [1.165, 1.54) is 47.5 Å². The smallest absolute Gasteiger partial charge is 0.497 e. The summed E-state index contributed by atoms with van der Waals surface area (Å²) in [6.45, 7) is 34.9. The highest BCUT2D eigenvalue weighted by Gasteiger charge is 2.35. The summed E-state index contributed by atoms with van der Waals surface area (Å²) < 4.78 is 175. The van der Waals surface area contributed by atoms with Crippen LogP contribution >= 0.6 is 11.6 Å². The van der Waals surface area contributed by atoms with Crippen molar-refractivity contribution in [3.05, 3.63) is 287 Å². The molecule has 10 rings (SSSR count). The summed E-state index contributed by atoms with van der Waals surface area (Å²) in [5.41, 5.74) is 9.46. The third-order valence-electron chi connectivity index (χ3n) is 19.2. The quantitative estimate of drug-likeness (QED) is 0.0269. The van der Waals surface area contributed by atoms with E-state index < -0.39 is 91.9 Å². The highest BCUT2D eigenvalue weighted by atomic mass is 35.5. The van der Waals surface area contributed by atoms with Gasteiger partial charge in [-0.2, -0.15) is 0 Å². The zero-order valence-corrected chi connectivity index (χ0v) is 81.7. The van der Waals surface area contributed by atoms with Crippen LogP contribution in [0.2, 0.25) is 5.02 Å². The van der Waals surface area contributed by atoms with Gasteiger partial charge >= 0.3 is 6.36 Å². The van der Waals surface area contributed by atoms with E-state index in [0.717, 1.165) is 24.2 Å². The van der Waals surface area contributed by atoms with E-state index in [2.05, 4.69) is 89.5 Å². The summed E-state index contributed by atoms with van der Waals surface area (Å²) >= 11 is 5.80. The van der Waals surface area contributed by atoms with E-state index in [0.29, 0.717) is 84.4 Å². The molecule has 0 radical (unpaired) electrons. The Morgan fingerprint density at radius 1 is 0.298 bits per heavy atom. The maximum absolute atomic E-state index is 12.4. The first kappa shape index (κ1) is 108. The molecular formula is C95H116ClF3N10O17S5. The van der Waals surface area contributed by atoms with Gasteiger partial charge in [-0.1, -0.05) is 70.5 Å². The molecule has 0 spiro atoms. The second-order valence-corrected chi connectivity index (χ2v) is 48.4. The van der Waals surface area contributed by atoms with E-state index in [1.54, 1.807) is 257 Å². The van der Waals surface area contributed by atoms with Crippen molar-refractivity contribution in [2.24, 2.45) is 0 Å². The third kappa shape index (κ3) is 33.7. The Morgan fingerprint density at radius 2 is 0.489 bits per heavy atom. The molecule has 1 atom stereocenters. The average Bonchev–Trinajstić information content (AvgIpc) is 0.808. The number of amides is 5. The van der Waals surface area contributed by atoms with Gasteiger partial charge in [0.05, 0.1) is 30.8 Å². The van der Waals surface area contributed by atoms with Crippen LogP contribution in [-0.2, 0) is 55.5 Å². The zero-order valence-electron chi connectivity index (χ0n) is 76.9. The van der Waals surface area contributed by atoms with Gasteiger partial charge in [0.1, 0.15) is 11.5 Å². The van der Waals surface area contributed by atoms with Gasteiger partial charge < -0.3 is 36.1 Å². The fraction of sp³-hybridized carbons (Fsp3) is 0.316. The second kappa shape index (κ2) is 44.3. The number of hydrogen-bond donors (Lipinski definition) is 10. The fourth-order valence-electron chi connectivity index (χ4n) is 10.1. The van der Waals surface area contributed by atoms with Crippen molar-refractivity contribution in [2.75, 3.05) is 57.3 Å². The van der Waals surface area contributed by atoms with E-state index in [9.17, 15) is 79.2 Å². The van der Waals surface area contributed by atoms with Crippen LogP contribution in [0.4, 0.5) is 70.0 Å². The Morgan fingerprint density at radius 3 is 0.679 bits per heavy atom. The van der Waals surface area contributed by atoms with Gasteiger partial charge in [-0.3, -0.25) is 47.6 Å². The molecular weight excluding hydrogens is 1810 g/mol. The topological polar surface area (TPSA) is 395 Å². The Kier molecular flexibility index (Phi) is 36.4. The molecule has 0 aliphatic rings. The molecule has 36 heteroatoms. The first-order valence-corrected chi connectivity index (χ1v) is 48.7. The molecule has 0 saturated carbocycles. The van der Waals surface area contributed by atoms with Crippen LogP contribution in [0.25, 0.3) is 0 Å². The maximum atomic E-state index is 12.4. The van der Waals surface area contributed by atoms with Crippen LogP contribution in [0.5, 0.6) is 11.5 Å². The zero-order chi connectivity index (χ0) is 98.5. The molecule has 0 aliphatic carbocycles. The van der Waals surface area contributed by atoms with Crippen LogP contribution in [0.3, 0.4) is 0 Å². The van der Waals surface area contributed by atoms with Crippen molar-refractivity contribution < 1.29 is 88.7 Å². The number of anilines is 10. The predicted octanol–water partition coefficient (Wildman–Crippen LogP) is 21.8. The molecule has 0 aliphatic heterocycles. The van der Waals surface area contributed by atoms with E-state index in [4.69, 9.17) is 16.3 Å². The first-order valence-electron chi connectivity index (χ1n) is 41.0. The van der Waals surface area contributed by atoms with Gasteiger partial charge in [0.25, 0.3) is 29.5 Å². The number of carbonyl (C=O) groups excluding carboxylic acids is 5. The van der Waals surface area contributed by atoms with Crippen molar-refractivity contribution >= 4 is 148 Å². The Labute approximate surface area is 773 Å². The molecule has 10 aromatic rings. The Balaban J connectivity index is 0.000000252. The van der Waals surface area contributed by atoms with Gasteiger partial charge in [0.2, 0.25) is 50.1 Å². The molecule has 1 unspecified atom stereocenters. The van der Waals surface area contributed by atoms with Crippen LogP contribution < -0.4 is 59.7 Å². The Hall–Kier alpha value is -12.0. The van der Waals surface area contributed by atoms with Gasteiger partial charge in [0, 0.05) is 89.7 Å². The number of sulfonamides is 5. The molecule has 10 aromatic carbocycles. The van der Waals surface area contributed by atoms with Crippen LogP contribution in [0.1, 0.15) is 214 Å². The molecule has 706 valence electrons. The molecule has 0 aromatic heterocycles. The summed E-state index contributed by atoms with van der Waals surface area (Å²) in [7, 11) is -16.0. The van der Waals surface area contributed by atoms with Crippen molar-refractivity contribution in [3.8, 4) is 11.5 Å². The minimum atomic E-state index is -4.79. The molecule has 0 heterocycles. The van der Waals surface area contributed by atoms with E-state index in [-0.39, 0.29) is 40.3 Å². The lowest BCUT2D eigenvalue weighted by Gasteiger charge is -2.20. The second-order valence-electron chi connectivity index (χ2n) is 35.8. The third-order valence-corrected chi connectivity index (χ3v) is 30.0. The van der Waals surface area contributed by atoms with Gasteiger partial charge in [-0.05, 0) is 351 Å². The Bertz CT molecular complexity index is 6150. The molecule has 0 fully saturated rings. The predicted molar refractivity (Wildman–Crippen MR) is 521 cm³/mol. The van der Waals surface area contributed by atoms with Crippen molar-refractivity contribution in [1.82, 2.24) is 0 Å². The normalized spacial score (nSPS) is 12.3. The molecule has 0 saturated heterocycles. The van der Waals surface area contributed by atoms with Crippen LogP contribution in [0, 0.1) is 0 Å². The highest BCUT2D eigenvalue weighted by Crippen LogP contribution is 2.31. The van der Waals surface area contributed by atoms with E-state index in [1.807, 2.05) is 48.5 Å². The minimum absolute atomic E-state index is 0.0543. The number of rotatable bonds is 24. The minimum Gasteiger partial charge on any atom is -0.497 e. The standard InChI is InChI=1S/2C21H28N2O3S.C18H19F3N2O4S.C18H22N2O4S.C17H19ClN2O3S/c1-20(2,3)16-9-13-17(14-10-16)22-19(24)15-7-11-18(12-8-15)23-27(25,26)21(4,5)6;1-6-15(2)16-7-11-18(12-8-16)22-20(24)17-9-13-19(14-10-17)23-27(25,26)21(3,4)5;1-17(2,3)28(25,26)23-14-6-4-12(5-7-14)16(24)22-13-8-10-15(11-9-13)27-18(19,20)21;1-18(2,3)25(22,23)20-15-7-5-13(6-8-15)17(21)19-14-9-11-16(24-4)12-10-14;1-17(2,3)24(22,23)20-15-8-4-12(5-9-15)16(21)19-14-10-6-13(18)7-11-14/h7-14,23H,1-6H3,(H,22,24);7-15,23H,6H2,1-5H3,(H,22,24);4-11,23H,1-3H3,(H,22,24);5-12,20H,1-4H3,(H,19,21);4-11,20H,1-3H3,(H,19,21). The van der Waals surface area contributed by atoms with Crippen molar-refractivity contribution in [1.29, 1.82) is 0 Å². The molecule has 0 bridgehead atoms. The summed E-state index contributed by atoms with van der Waals surface area (Å²) in [4.78, 5) is 61.4. The van der Waals surface area contributed by atoms with Crippen LogP contribution in [-0.4, -0.2) is 109 Å². The molecule has 27 nitrogen and oxygen atoms in total. The number of methoxy groups -OCH3 is 1. The van der Waals surface area contributed by atoms with Crippen molar-refractivity contribution in [2.45, 2.75) is 186 Å². The number of benzene rings is 10. The summed E-state index contributed by atoms with van der Waals surface area (Å²) in [5.74, 6) is -0.776. The number of carbonyl (C=O) groups is 5. The largest absolute Gasteiger partial charge is 0.573 e. The maximum Gasteiger partial charge on any atom is 0.573 e. The number of halogens is 4. The molecule has 5 amide bonds. The number of nitrogens with one attached hydrogen (secondary N) is 10. The lowest BCUT2D eigenvalue weighted by atomic mass is 9.87. The monoisotopic (exact) mass is 1920 g/mol. The van der Waals surface area contributed by atoms with Gasteiger partial charge in [0.15, 0.2) is 0 Å². The SMILES string of the molecule is CC(C)(C)S(=O)(=O)Nc1ccc(C(=O)Nc2ccc(Cl)cc2)cc1.CC(C)(C)S(=O)(=O)Nc1ccc(C(=O)Nc2ccc(OC(F)(F)F)cc2)cc1.CC(C)(C)c1ccc(NC(=O)c2ccc(NS(=O)(=O)C(C)(C)C)cc2)cc1.CCC(C)c1ccc(NC(=O)c2ccc(NS(=O)(=O)C(C)(C)C)cc2)cc1.COc1ccc(NC(=O)c2ccc(NS(=O)(=O)C(C)(C)C)cc2)cc1. The highest BCUT2D eigenvalue weighted by molar-refractivity contribution is 7.95. The summed E-state index contributed by atoms with van der Waals surface area (Å²) in [5, 5.41) is 14.3. The first-order chi connectivity index (χ1) is 60.3. The fourth-order valence-corrected chi connectivity index (χ4v) is 14.0.